The molecule has 0 amide bonds. The molecule has 1 unspecified atom stereocenters. The molecule has 0 aliphatic heterocycles. The summed E-state index contributed by atoms with van der Waals surface area (Å²) in [5.41, 5.74) is 3.31. The van der Waals surface area contributed by atoms with E-state index in [0.717, 1.165) is 36.3 Å². The van der Waals surface area contributed by atoms with Crippen LogP contribution in [0.1, 0.15) is 61.8 Å². The zero-order valence-corrected chi connectivity index (χ0v) is 14.4. The van der Waals surface area contributed by atoms with Crippen molar-refractivity contribution in [3.05, 3.63) is 63.3 Å². The Kier molecular flexibility index (Phi) is 4.65. The SMILES string of the molecule is CCCc1c(CC)nc(C)n(C(c2ccccc2)C2CC2)c1=O. The summed E-state index contributed by atoms with van der Waals surface area (Å²) in [6, 6.07) is 10.6. The summed E-state index contributed by atoms with van der Waals surface area (Å²) in [4.78, 5) is 18.0. The minimum Gasteiger partial charge on any atom is -0.289 e. The molecule has 1 aliphatic carbocycles. The average molecular weight is 310 g/mol. The highest BCUT2D eigenvalue weighted by Crippen LogP contribution is 2.43. The third kappa shape index (κ3) is 3.10. The van der Waals surface area contributed by atoms with Crippen molar-refractivity contribution in [1.82, 2.24) is 9.55 Å². The molecule has 1 aromatic heterocycles. The van der Waals surface area contributed by atoms with Crippen LogP contribution in [0.15, 0.2) is 35.1 Å². The molecule has 1 aliphatic rings. The van der Waals surface area contributed by atoms with Gasteiger partial charge in [0, 0.05) is 5.56 Å². The maximum Gasteiger partial charge on any atom is 0.257 e. The third-order valence-electron chi connectivity index (χ3n) is 4.79. The molecule has 2 aromatic rings. The van der Waals surface area contributed by atoms with E-state index < -0.39 is 0 Å². The summed E-state index contributed by atoms with van der Waals surface area (Å²) >= 11 is 0. The predicted molar refractivity (Wildman–Crippen MR) is 93.9 cm³/mol. The Bertz CT molecular complexity index is 729. The van der Waals surface area contributed by atoms with Gasteiger partial charge in [-0.1, -0.05) is 50.6 Å². The lowest BCUT2D eigenvalue weighted by Crippen LogP contribution is -2.33. The maximum atomic E-state index is 13.2. The van der Waals surface area contributed by atoms with Crippen LogP contribution in [0.2, 0.25) is 0 Å². The standard InChI is InChI=1S/C20H26N2O/c1-4-9-17-18(5-2)21-14(3)22(20(17)23)19(16-12-13-16)15-10-7-6-8-11-15/h6-8,10-11,16,19H,4-5,9,12-13H2,1-3H3. The van der Waals surface area contributed by atoms with E-state index in [0.29, 0.717) is 5.92 Å². The van der Waals surface area contributed by atoms with Crippen LogP contribution in [-0.4, -0.2) is 9.55 Å². The zero-order chi connectivity index (χ0) is 16.4. The lowest BCUT2D eigenvalue weighted by atomic mass is 10.0. The van der Waals surface area contributed by atoms with E-state index in [9.17, 15) is 4.79 Å². The second-order valence-corrected chi connectivity index (χ2v) is 6.56. The highest BCUT2D eigenvalue weighted by Gasteiger charge is 2.35. The molecular weight excluding hydrogens is 284 g/mol. The molecule has 1 heterocycles. The number of rotatable bonds is 6. The van der Waals surface area contributed by atoms with Gasteiger partial charge in [0.05, 0.1) is 11.7 Å². The monoisotopic (exact) mass is 310 g/mol. The van der Waals surface area contributed by atoms with E-state index in [1.54, 1.807) is 0 Å². The number of aromatic nitrogens is 2. The van der Waals surface area contributed by atoms with Crippen LogP contribution in [0.4, 0.5) is 0 Å². The molecule has 1 atom stereocenters. The molecule has 122 valence electrons. The number of nitrogens with zero attached hydrogens (tertiary/aromatic N) is 2. The summed E-state index contributed by atoms with van der Waals surface area (Å²) in [5, 5.41) is 0. The van der Waals surface area contributed by atoms with Gasteiger partial charge in [0.2, 0.25) is 0 Å². The van der Waals surface area contributed by atoms with Gasteiger partial charge in [0.1, 0.15) is 5.82 Å². The van der Waals surface area contributed by atoms with Gasteiger partial charge in [-0.15, -0.1) is 0 Å². The Balaban J connectivity index is 2.17. The molecule has 0 radical (unpaired) electrons. The quantitative estimate of drug-likeness (QED) is 0.806. The van der Waals surface area contributed by atoms with E-state index >= 15 is 0 Å². The highest BCUT2D eigenvalue weighted by atomic mass is 16.1. The number of hydrogen-bond acceptors (Lipinski definition) is 2. The maximum absolute atomic E-state index is 13.2. The Morgan fingerprint density at radius 2 is 1.91 bits per heavy atom. The summed E-state index contributed by atoms with van der Waals surface area (Å²) in [5.74, 6) is 1.42. The lowest BCUT2D eigenvalue weighted by molar-refractivity contribution is 0.478. The summed E-state index contributed by atoms with van der Waals surface area (Å²) in [6.45, 7) is 6.19. The molecule has 0 bridgehead atoms. The van der Waals surface area contributed by atoms with E-state index in [-0.39, 0.29) is 11.6 Å². The highest BCUT2D eigenvalue weighted by molar-refractivity contribution is 5.26. The summed E-state index contributed by atoms with van der Waals surface area (Å²) < 4.78 is 1.97. The first-order valence-corrected chi connectivity index (χ1v) is 8.83. The van der Waals surface area contributed by atoms with Crippen molar-refractivity contribution in [1.29, 1.82) is 0 Å². The average Bonchev–Trinajstić information content (AvgIpc) is 3.39. The van der Waals surface area contributed by atoms with E-state index in [1.807, 2.05) is 17.6 Å². The van der Waals surface area contributed by atoms with Crippen LogP contribution in [0.25, 0.3) is 0 Å². The van der Waals surface area contributed by atoms with Crippen molar-refractivity contribution in [2.24, 2.45) is 5.92 Å². The van der Waals surface area contributed by atoms with Crippen LogP contribution < -0.4 is 5.56 Å². The van der Waals surface area contributed by atoms with Crippen molar-refractivity contribution < 1.29 is 0 Å². The predicted octanol–water partition coefficient (Wildman–Crippen LogP) is 4.07. The van der Waals surface area contributed by atoms with E-state index in [2.05, 4.69) is 38.1 Å². The van der Waals surface area contributed by atoms with Gasteiger partial charge in [0.25, 0.3) is 5.56 Å². The second-order valence-electron chi connectivity index (χ2n) is 6.56. The van der Waals surface area contributed by atoms with Crippen LogP contribution in [0, 0.1) is 12.8 Å². The molecule has 3 heteroatoms. The van der Waals surface area contributed by atoms with Crippen molar-refractivity contribution in [2.45, 2.75) is 58.9 Å². The van der Waals surface area contributed by atoms with Crippen molar-refractivity contribution >= 4 is 0 Å². The van der Waals surface area contributed by atoms with E-state index in [4.69, 9.17) is 4.98 Å². The third-order valence-corrected chi connectivity index (χ3v) is 4.79. The molecule has 0 saturated heterocycles. The molecule has 0 spiro atoms. The summed E-state index contributed by atoms with van der Waals surface area (Å²) in [7, 11) is 0. The largest absolute Gasteiger partial charge is 0.289 e. The second kappa shape index (κ2) is 6.69. The fraction of sp³-hybridized carbons (Fsp3) is 0.500. The van der Waals surface area contributed by atoms with Crippen LogP contribution in [-0.2, 0) is 12.8 Å². The van der Waals surface area contributed by atoms with Crippen molar-refractivity contribution in [3.8, 4) is 0 Å². The molecule has 0 N–H and O–H groups in total. The number of hydrogen-bond donors (Lipinski definition) is 0. The minimum absolute atomic E-state index is 0.137. The first-order chi connectivity index (χ1) is 11.2. The first kappa shape index (κ1) is 16.0. The van der Waals surface area contributed by atoms with Gasteiger partial charge in [0.15, 0.2) is 0 Å². The van der Waals surface area contributed by atoms with Crippen molar-refractivity contribution in [2.75, 3.05) is 0 Å². The molecule has 1 fully saturated rings. The smallest absolute Gasteiger partial charge is 0.257 e. The molecule has 3 nitrogen and oxygen atoms in total. The fourth-order valence-corrected chi connectivity index (χ4v) is 3.55. The Morgan fingerprint density at radius 1 is 1.22 bits per heavy atom. The number of benzene rings is 1. The minimum atomic E-state index is 0.137. The molecule has 1 aromatic carbocycles. The normalized spacial score (nSPS) is 15.6. The van der Waals surface area contributed by atoms with Gasteiger partial charge in [-0.05, 0) is 44.1 Å². The number of aryl methyl sites for hydroxylation is 2. The van der Waals surface area contributed by atoms with Crippen molar-refractivity contribution in [3.63, 3.8) is 0 Å². The van der Waals surface area contributed by atoms with Gasteiger partial charge < -0.3 is 0 Å². The Hall–Kier alpha value is -1.90. The molecule has 23 heavy (non-hydrogen) atoms. The Morgan fingerprint density at radius 3 is 2.48 bits per heavy atom. The van der Waals surface area contributed by atoms with Crippen LogP contribution in [0.5, 0.6) is 0 Å². The summed E-state index contributed by atoms with van der Waals surface area (Å²) in [6.07, 6.45) is 5.02. The zero-order valence-electron chi connectivity index (χ0n) is 14.4. The van der Waals surface area contributed by atoms with Gasteiger partial charge >= 0.3 is 0 Å². The van der Waals surface area contributed by atoms with E-state index in [1.165, 1.54) is 18.4 Å². The molecule has 1 saturated carbocycles. The lowest BCUT2D eigenvalue weighted by Gasteiger charge is -2.24. The first-order valence-electron chi connectivity index (χ1n) is 8.83. The van der Waals surface area contributed by atoms with Crippen LogP contribution >= 0.6 is 0 Å². The molecular formula is C20H26N2O. The van der Waals surface area contributed by atoms with Gasteiger partial charge in [-0.3, -0.25) is 9.36 Å². The topological polar surface area (TPSA) is 34.9 Å². The van der Waals surface area contributed by atoms with Gasteiger partial charge in [-0.25, -0.2) is 4.98 Å². The fourth-order valence-electron chi connectivity index (χ4n) is 3.55. The van der Waals surface area contributed by atoms with Crippen LogP contribution in [0.3, 0.4) is 0 Å². The molecule has 3 rings (SSSR count). The van der Waals surface area contributed by atoms with Gasteiger partial charge in [-0.2, -0.15) is 0 Å². The Labute approximate surface area is 138 Å².